The van der Waals surface area contributed by atoms with E-state index >= 15 is 0 Å². The van der Waals surface area contributed by atoms with Gasteiger partial charge in [0.1, 0.15) is 29.5 Å². The number of ether oxygens (including phenoxy) is 3. The zero-order chi connectivity index (χ0) is 21.7. The van der Waals surface area contributed by atoms with E-state index in [0.717, 1.165) is 4.90 Å². The number of rotatable bonds is 7. The zero-order valence-corrected chi connectivity index (χ0v) is 16.7. The number of carbonyl (C=O) groups is 3. The second kappa shape index (κ2) is 8.99. The van der Waals surface area contributed by atoms with Gasteiger partial charge in [0.25, 0.3) is 5.91 Å². The van der Waals surface area contributed by atoms with Crippen LogP contribution in [0.25, 0.3) is 6.08 Å². The highest BCUT2D eigenvalue weighted by molar-refractivity contribution is 6.16. The summed E-state index contributed by atoms with van der Waals surface area (Å²) < 4.78 is 15.6. The second-order valence-corrected chi connectivity index (χ2v) is 6.24. The molecule has 0 spiro atoms. The standard InChI is InChI=1S/C21H21N3O6/c1-28-14-9-8-13(18(11-14)30-3)10-16-20(26)24(21(27)23-16)12-19(25)22-15-6-4-5-7-17(15)29-2/h4-11H,12H2,1-3H3,(H,22,25)(H,23,27)/b16-10+. The van der Waals surface area contributed by atoms with Crippen LogP contribution in [0.1, 0.15) is 5.56 Å². The average Bonchev–Trinajstić information content (AvgIpc) is 3.01. The minimum absolute atomic E-state index is 0.0357. The van der Waals surface area contributed by atoms with Gasteiger partial charge in [0.05, 0.1) is 27.0 Å². The van der Waals surface area contributed by atoms with Crippen molar-refractivity contribution >= 4 is 29.6 Å². The summed E-state index contributed by atoms with van der Waals surface area (Å²) in [6, 6.07) is 11.2. The lowest BCUT2D eigenvalue weighted by atomic mass is 10.1. The SMILES string of the molecule is COc1ccc(/C=C2/NC(=O)N(CC(=O)Nc3ccccc3OC)C2=O)c(OC)c1. The Hall–Kier alpha value is -4.01. The van der Waals surface area contributed by atoms with E-state index < -0.39 is 24.4 Å². The van der Waals surface area contributed by atoms with Crippen LogP contribution in [0.3, 0.4) is 0 Å². The van der Waals surface area contributed by atoms with E-state index in [9.17, 15) is 14.4 Å². The van der Waals surface area contributed by atoms with Crippen molar-refractivity contribution in [1.82, 2.24) is 10.2 Å². The molecule has 9 heteroatoms. The summed E-state index contributed by atoms with van der Waals surface area (Å²) in [5.41, 5.74) is 1.05. The molecular formula is C21H21N3O6. The van der Waals surface area contributed by atoms with E-state index in [-0.39, 0.29) is 5.70 Å². The number of imide groups is 1. The smallest absolute Gasteiger partial charge is 0.329 e. The normalized spacial score (nSPS) is 14.5. The van der Waals surface area contributed by atoms with Crippen LogP contribution in [0.15, 0.2) is 48.2 Å². The maximum absolute atomic E-state index is 12.7. The lowest BCUT2D eigenvalue weighted by molar-refractivity contribution is -0.127. The molecule has 0 aliphatic carbocycles. The van der Waals surface area contributed by atoms with Gasteiger partial charge in [0.2, 0.25) is 5.91 Å². The summed E-state index contributed by atoms with van der Waals surface area (Å²) in [6.45, 7) is -0.445. The van der Waals surface area contributed by atoms with Crippen molar-refractivity contribution in [3.63, 3.8) is 0 Å². The van der Waals surface area contributed by atoms with E-state index in [4.69, 9.17) is 14.2 Å². The summed E-state index contributed by atoms with van der Waals surface area (Å²) >= 11 is 0. The van der Waals surface area contributed by atoms with E-state index in [1.165, 1.54) is 27.4 Å². The Labute approximate surface area is 173 Å². The quantitative estimate of drug-likeness (QED) is 0.535. The maximum Gasteiger partial charge on any atom is 0.329 e. The van der Waals surface area contributed by atoms with Crippen molar-refractivity contribution in [1.29, 1.82) is 0 Å². The summed E-state index contributed by atoms with van der Waals surface area (Å²) in [7, 11) is 4.49. The number of benzene rings is 2. The van der Waals surface area contributed by atoms with Gasteiger partial charge < -0.3 is 24.8 Å². The number of nitrogens with one attached hydrogen (secondary N) is 2. The first-order chi connectivity index (χ1) is 14.5. The van der Waals surface area contributed by atoms with Crippen LogP contribution in [0.5, 0.6) is 17.2 Å². The number of urea groups is 1. The molecule has 0 radical (unpaired) electrons. The molecule has 0 unspecified atom stereocenters. The first-order valence-electron chi connectivity index (χ1n) is 8.96. The van der Waals surface area contributed by atoms with Gasteiger partial charge in [0, 0.05) is 11.6 Å². The Kier molecular flexibility index (Phi) is 6.21. The first kappa shape index (κ1) is 20.7. The van der Waals surface area contributed by atoms with E-state index in [0.29, 0.717) is 28.5 Å². The predicted molar refractivity (Wildman–Crippen MR) is 109 cm³/mol. The number of anilines is 1. The highest BCUT2D eigenvalue weighted by atomic mass is 16.5. The molecule has 1 saturated heterocycles. The highest BCUT2D eigenvalue weighted by Gasteiger charge is 2.35. The molecule has 1 fully saturated rings. The molecule has 9 nitrogen and oxygen atoms in total. The molecule has 1 heterocycles. The van der Waals surface area contributed by atoms with Crippen LogP contribution in [0, 0.1) is 0 Å². The maximum atomic E-state index is 12.7. The fourth-order valence-electron chi connectivity index (χ4n) is 2.89. The van der Waals surface area contributed by atoms with Crippen LogP contribution in [0.2, 0.25) is 0 Å². The molecule has 3 rings (SSSR count). The minimum atomic E-state index is -0.686. The summed E-state index contributed by atoms with van der Waals surface area (Å²) in [5, 5.41) is 5.11. The summed E-state index contributed by atoms with van der Waals surface area (Å²) in [5.74, 6) is 0.372. The van der Waals surface area contributed by atoms with Gasteiger partial charge in [-0.05, 0) is 30.3 Å². The number of amides is 4. The van der Waals surface area contributed by atoms with Gasteiger partial charge in [-0.2, -0.15) is 0 Å². The Bertz CT molecular complexity index is 1020. The molecule has 2 N–H and O–H groups in total. The van der Waals surface area contributed by atoms with Crippen molar-refractivity contribution in [3.8, 4) is 17.2 Å². The van der Waals surface area contributed by atoms with Gasteiger partial charge in [0.15, 0.2) is 0 Å². The third kappa shape index (κ3) is 4.35. The Balaban J connectivity index is 1.75. The molecule has 30 heavy (non-hydrogen) atoms. The monoisotopic (exact) mass is 411 g/mol. The second-order valence-electron chi connectivity index (χ2n) is 6.24. The third-order valence-corrected chi connectivity index (χ3v) is 4.39. The Morgan fingerprint density at radius 1 is 1.03 bits per heavy atom. The number of methoxy groups -OCH3 is 3. The number of hydrogen-bond acceptors (Lipinski definition) is 6. The summed E-state index contributed by atoms with van der Waals surface area (Å²) in [4.78, 5) is 38.1. The van der Waals surface area contributed by atoms with Crippen LogP contribution in [0.4, 0.5) is 10.5 Å². The third-order valence-electron chi connectivity index (χ3n) is 4.39. The van der Waals surface area contributed by atoms with Crippen LogP contribution >= 0.6 is 0 Å². The molecule has 1 aliphatic rings. The molecule has 0 bridgehead atoms. The number of para-hydroxylation sites is 2. The molecular weight excluding hydrogens is 390 g/mol. The molecule has 156 valence electrons. The number of carbonyl (C=O) groups excluding carboxylic acids is 3. The van der Waals surface area contributed by atoms with Gasteiger partial charge >= 0.3 is 6.03 Å². The minimum Gasteiger partial charge on any atom is -0.497 e. The lowest BCUT2D eigenvalue weighted by Gasteiger charge is -2.13. The van der Waals surface area contributed by atoms with Gasteiger partial charge in [-0.25, -0.2) is 9.69 Å². The zero-order valence-electron chi connectivity index (χ0n) is 16.7. The first-order valence-corrected chi connectivity index (χ1v) is 8.96. The van der Waals surface area contributed by atoms with Crippen molar-refractivity contribution in [2.24, 2.45) is 0 Å². The number of hydrogen-bond donors (Lipinski definition) is 2. The molecule has 0 saturated carbocycles. The van der Waals surface area contributed by atoms with Crippen molar-refractivity contribution in [2.75, 3.05) is 33.2 Å². The van der Waals surface area contributed by atoms with E-state index in [2.05, 4.69) is 10.6 Å². The average molecular weight is 411 g/mol. The lowest BCUT2D eigenvalue weighted by Crippen LogP contribution is -2.38. The van der Waals surface area contributed by atoms with Gasteiger partial charge in [-0.3, -0.25) is 9.59 Å². The van der Waals surface area contributed by atoms with Crippen molar-refractivity contribution in [3.05, 3.63) is 53.7 Å². The van der Waals surface area contributed by atoms with Gasteiger partial charge in [-0.1, -0.05) is 12.1 Å². The van der Waals surface area contributed by atoms with Crippen LogP contribution in [-0.2, 0) is 9.59 Å². The molecule has 2 aromatic rings. The summed E-state index contributed by atoms with van der Waals surface area (Å²) in [6.07, 6.45) is 1.48. The fourth-order valence-corrected chi connectivity index (χ4v) is 2.89. The molecule has 2 aromatic carbocycles. The molecule has 1 aliphatic heterocycles. The van der Waals surface area contributed by atoms with Gasteiger partial charge in [-0.15, -0.1) is 0 Å². The Morgan fingerprint density at radius 2 is 1.77 bits per heavy atom. The predicted octanol–water partition coefficient (Wildman–Crippen LogP) is 2.24. The molecule has 0 atom stereocenters. The van der Waals surface area contributed by atoms with Crippen LogP contribution < -0.4 is 24.8 Å². The van der Waals surface area contributed by atoms with E-state index in [1.807, 2.05) is 0 Å². The molecule has 0 aromatic heterocycles. The number of nitrogens with zero attached hydrogens (tertiary/aromatic N) is 1. The van der Waals surface area contributed by atoms with E-state index in [1.54, 1.807) is 42.5 Å². The molecule has 4 amide bonds. The van der Waals surface area contributed by atoms with Crippen molar-refractivity contribution in [2.45, 2.75) is 0 Å². The Morgan fingerprint density at radius 3 is 2.47 bits per heavy atom. The topological polar surface area (TPSA) is 106 Å². The van der Waals surface area contributed by atoms with Crippen LogP contribution in [-0.4, -0.2) is 50.6 Å². The fraction of sp³-hybridized carbons (Fsp3) is 0.190. The highest BCUT2D eigenvalue weighted by Crippen LogP contribution is 2.27. The largest absolute Gasteiger partial charge is 0.497 e. The van der Waals surface area contributed by atoms with Crippen molar-refractivity contribution < 1.29 is 28.6 Å².